The minimum Gasteiger partial charge on any atom is -0.354 e. The molecular weight excluding hydrogens is 560 g/mol. The highest BCUT2D eigenvalue weighted by atomic mass is 15.0. The largest absolute Gasteiger partial charge is 0.354 e. The molecule has 2 N–H and O–H groups in total. The Balaban J connectivity index is 1.04. The number of rotatable bonds is 6. The van der Waals surface area contributed by atoms with Crippen molar-refractivity contribution in [1.82, 2.24) is 9.13 Å². The zero-order chi connectivity index (χ0) is 30.5. The molecule has 0 fully saturated rings. The lowest BCUT2D eigenvalue weighted by Gasteiger charge is -2.22. The van der Waals surface area contributed by atoms with Crippen LogP contribution in [0.15, 0.2) is 151 Å². The summed E-state index contributed by atoms with van der Waals surface area (Å²) in [5.74, 6) is 0. The van der Waals surface area contributed by atoms with Crippen LogP contribution < -0.4 is 10.6 Å². The summed E-state index contributed by atoms with van der Waals surface area (Å²) in [6.45, 7) is 0. The zero-order valence-electron chi connectivity index (χ0n) is 25.5. The number of para-hydroxylation sites is 5. The third-order valence-electron chi connectivity index (χ3n) is 9.43. The van der Waals surface area contributed by atoms with E-state index in [0.717, 1.165) is 42.0 Å². The molecule has 4 nitrogen and oxygen atoms in total. The van der Waals surface area contributed by atoms with Crippen molar-refractivity contribution in [3.63, 3.8) is 0 Å². The summed E-state index contributed by atoms with van der Waals surface area (Å²) in [6, 6.07) is 43.7. The molecule has 2 aromatic heterocycles. The Morgan fingerprint density at radius 2 is 1.26 bits per heavy atom. The Morgan fingerprint density at radius 1 is 0.587 bits per heavy atom. The highest BCUT2D eigenvalue weighted by Gasteiger charge is 2.20. The summed E-state index contributed by atoms with van der Waals surface area (Å²) >= 11 is 0. The van der Waals surface area contributed by atoms with Gasteiger partial charge in [0.05, 0.1) is 22.9 Å². The van der Waals surface area contributed by atoms with Gasteiger partial charge in [0.1, 0.15) is 0 Å². The molecule has 0 saturated carbocycles. The van der Waals surface area contributed by atoms with Gasteiger partial charge in [-0.2, -0.15) is 0 Å². The normalized spacial score (nSPS) is 15.7. The average molecular weight is 595 g/mol. The first-order chi connectivity index (χ1) is 22.8. The molecule has 0 amide bonds. The summed E-state index contributed by atoms with van der Waals surface area (Å²) in [4.78, 5) is 0. The van der Waals surface area contributed by atoms with E-state index in [1.54, 1.807) is 0 Å². The molecule has 9 rings (SSSR count). The number of allylic oxidation sites excluding steroid dienone is 4. The molecule has 5 aromatic carbocycles. The lowest BCUT2D eigenvalue weighted by atomic mass is 10.0. The van der Waals surface area contributed by atoms with Gasteiger partial charge in [0.25, 0.3) is 0 Å². The van der Waals surface area contributed by atoms with Gasteiger partial charge in [-0.1, -0.05) is 91.0 Å². The second-order valence-electron chi connectivity index (χ2n) is 12.2. The quantitative estimate of drug-likeness (QED) is 0.201. The third kappa shape index (κ3) is 4.45. The molecule has 222 valence electrons. The third-order valence-corrected chi connectivity index (χ3v) is 9.43. The zero-order valence-corrected chi connectivity index (χ0v) is 25.5. The lowest BCUT2D eigenvalue weighted by Crippen LogP contribution is -2.11. The summed E-state index contributed by atoms with van der Waals surface area (Å²) in [5.41, 5.74) is 11.9. The Bertz CT molecular complexity index is 2310. The Kier molecular flexibility index (Phi) is 6.38. The van der Waals surface area contributed by atoms with E-state index in [1.165, 1.54) is 49.7 Å². The SMILES string of the molecule is C1=Cc2c(n(-c3cccc(Nc4ccccc4NC4=CC(n5c6ccccc6c6ccccc65)CC=C4)c3)c3ccccc23)CC1. The van der Waals surface area contributed by atoms with Crippen molar-refractivity contribution in [2.24, 2.45) is 0 Å². The van der Waals surface area contributed by atoms with Crippen molar-refractivity contribution >= 4 is 55.8 Å². The highest BCUT2D eigenvalue weighted by molar-refractivity contribution is 6.08. The van der Waals surface area contributed by atoms with Gasteiger partial charge >= 0.3 is 0 Å². The number of fused-ring (bicyclic) bond motifs is 6. The first-order valence-corrected chi connectivity index (χ1v) is 16.2. The van der Waals surface area contributed by atoms with E-state index in [4.69, 9.17) is 0 Å². The van der Waals surface area contributed by atoms with Crippen LogP contribution in [-0.4, -0.2) is 9.13 Å². The van der Waals surface area contributed by atoms with Crippen molar-refractivity contribution in [2.75, 3.05) is 10.6 Å². The van der Waals surface area contributed by atoms with Gasteiger partial charge in [-0.25, -0.2) is 0 Å². The van der Waals surface area contributed by atoms with Crippen molar-refractivity contribution in [3.05, 3.63) is 163 Å². The standard InChI is InChI=1S/C42H34N4/c1-7-23-39-33(17-1)34-18-2-8-24-40(34)45(39)31-15-11-13-29(27-31)43-37-21-5-6-22-38(37)44-30-14-12-16-32(28-30)46-41-25-9-3-19-35(41)36-20-4-10-26-42(36)46/h1-9,11-14,16-25,27-28,31,43-44H,10,15,26H2. The molecule has 7 aromatic rings. The summed E-state index contributed by atoms with van der Waals surface area (Å²) in [6.07, 6.45) is 14.5. The van der Waals surface area contributed by atoms with Crippen LogP contribution in [0.3, 0.4) is 0 Å². The Morgan fingerprint density at radius 3 is 2.04 bits per heavy atom. The predicted octanol–water partition coefficient (Wildman–Crippen LogP) is 10.9. The molecular formula is C42H34N4. The fourth-order valence-corrected chi connectivity index (χ4v) is 7.44. The van der Waals surface area contributed by atoms with E-state index >= 15 is 0 Å². The molecule has 0 saturated heterocycles. The Labute approximate surface area is 268 Å². The fraction of sp³-hybridized carbons (Fsp3) is 0.0952. The van der Waals surface area contributed by atoms with E-state index < -0.39 is 0 Å². The van der Waals surface area contributed by atoms with E-state index in [2.05, 4.69) is 171 Å². The van der Waals surface area contributed by atoms with Crippen LogP contribution in [0, 0.1) is 0 Å². The van der Waals surface area contributed by atoms with Gasteiger partial charge in [-0.3, -0.25) is 0 Å². The predicted molar refractivity (Wildman–Crippen MR) is 194 cm³/mol. The smallest absolute Gasteiger partial charge is 0.0623 e. The molecule has 2 heterocycles. The minimum absolute atomic E-state index is 0.214. The Hall–Kier alpha value is -5.74. The maximum absolute atomic E-state index is 3.75. The number of anilines is 3. The van der Waals surface area contributed by atoms with Gasteiger partial charge in [0.2, 0.25) is 0 Å². The van der Waals surface area contributed by atoms with Crippen LogP contribution in [0.25, 0.3) is 44.5 Å². The van der Waals surface area contributed by atoms with Gasteiger partial charge in [-0.15, -0.1) is 0 Å². The van der Waals surface area contributed by atoms with Gasteiger partial charge in [-0.05, 0) is 79.9 Å². The molecule has 0 bridgehead atoms. The van der Waals surface area contributed by atoms with Gasteiger partial charge in [0, 0.05) is 55.5 Å². The van der Waals surface area contributed by atoms with Crippen LogP contribution in [0.4, 0.5) is 17.1 Å². The molecule has 1 unspecified atom stereocenters. The highest BCUT2D eigenvalue weighted by Crippen LogP contribution is 2.37. The van der Waals surface area contributed by atoms with Crippen molar-refractivity contribution in [1.29, 1.82) is 0 Å². The van der Waals surface area contributed by atoms with Crippen LogP contribution >= 0.6 is 0 Å². The van der Waals surface area contributed by atoms with E-state index in [0.29, 0.717) is 0 Å². The van der Waals surface area contributed by atoms with Crippen molar-refractivity contribution in [2.45, 2.75) is 25.3 Å². The van der Waals surface area contributed by atoms with Crippen LogP contribution in [0.5, 0.6) is 0 Å². The van der Waals surface area contributed by atoms with E-state index in [-0.39, 0.29) is 6.04 Å². The summed E-state index contributed by atoms with van der Waals surface area (Å²) in [5, 5.41) is 11.4. The van der Waals surface area contributed by atoms with E-state index in [9.17, 15) is 0 Å². The molecule has 46 heavy (non-hydrogen) atoms. The number of hydrogen-bond acceptors (Lipinski definition) is 2. The van der Waals surface area contributed by atoms with Gasteiger partial charge in [0.15, 0.2) is 0 Å². The molecule has 0 radical (unpaired) electrons. The number of hydrogen-bond donors (Lipinski definition) is 2. The van der Waals surface area contributed by atoms with Gasteiger partial charge < -0.3 is 19.8 Å². The second kappa shape index (κ2) is 11.0. The lowest BCUT2D eigenvalue weighted by molar-refractivity contribution is 0.643. The van der Waals surface area contributed by atoms with E-state index in [1.807, 2.05) is 0 Å². The van der Waals surface area contributed by atoms with Crippen molar-refractivity contribution < 1.29 is 0 Å². The molecule has 0 spiro atoms. The monoisotopic (exact) mass is 594 g/mol. The first kappa shape index (κ1) is 26.6. The number of nitrogens with zero attached hydrogens (tertiary/aromatic N) is 2. The average Bonchev–Trinajstić information content (AvgIpc) is 3.63. The van der Waals surface area contributed by atoms with Crippen molar-refractivity contribution in [3.8, 4) is 5.69 Å². The number of aromatic nitrogens is 2. The maximum atomic E-state index is 3.75. The number of benzene rings is 5. The second-order valence-corrected chi connectivity index (χ2v) is 12.2. The summed E-state index contributed by atoms with van der Waals surface area (Å²) < 4.78 is 4.93. The fourth-order valence-electron chi connectivity index (χ4n) is 7.44. The number of nitrogens with one attached hydrogen (secondary N) is 2. The topological polar surface area (TPSA) is 33.9 Å². The van der Waals surface area contributed by atoms with Crippen LogP contribution in [0.1, 0.15) is 30.1 Å². The summed E-state index contributed by atoms with van der Waals surface area (Å²) in [7, 11) is 0. The molecule has 1 atom stereocenters. The minimum atomic E-state index is 0.214. The molecule has 2 aliphatic rings. The molecule has 4 heteroatoms. The molecule has 0 aliphatic heterocycles. The molecule has 2 aliphatic carbocycles. The van der Waals surface area contributed by atoms with Crippen LogP contribution in [0.2, 0.25) is 0 Å². The first-order valence-electron chi connectivity index (χ1n) is 16.2. The van der Waals surface area contributed by atoms with Crippen LogP contribution in [-0.2, 0) is 6.42 Å². The maximum Gasteiger partial charge on any atom is 0.0623 e.